The van der Waals surface area contributed by atoms with Crippen molar-refractivity contribution in [1.82, 2.24) is 0 Å². The summed E-state index contributed by atoms with van der Waals surface area (Å²) >= 11 is 0. The van der Waals surface area contributed by atoms with Gasteiger partial charge in [0.25, 0.3) is 0 Å². The van der Waals surface area contributed by atoms with Crippen molar-refractivity contribution in [2.24, 2.45) is 0 Å². The molecule has 1 aromatic carbocycles. The number of rotatable bonds is 1. The molecule has 2 rings (SSSR count). The Morgan fingerprint density at radius 1 is 1.40 bits per heavy atom. The third kappa shape index (κ3) is 1.47. The Morgan fingerprint density at radius 2 is 2.07 bits per heavy atom. The van der Waals surface area contributed by atoms with E-state index >= 15 is 0 Å². The second-order valence-corrected chi connectivity index (χ2v) is 3.95. The zero-order valence-electron chi connectivity index (χ0n) is 8.30. The van der Waals surface area contributed by atoms with E-state index in [4.69, 9.17) is 0 Å². The van der Waals surface area contributed by atoms with Crippen molar-refractivity contribution < 1.29 is 9.31 Å². The van der Waals surface area contributed by atoms with E-state index in [0.29, 0.717) is 5.69 Å². The summed E-state index contributed by atoms with van der Waals surface area (Å²) in [6.07, 6.45) is 0. The summed E-state index contributed by atoms with van der Waals surface area (Å²) in [5, 5.41) is 16.6. The molecule has 0 spiro atoms. The lowest BCUT2D eigenvalue weighted by atomic mass is 10.2. The molecule has 5 nitrogen and oxygen atoms in total. The second kappa shape index (κ2) is 2.82. The molecule has 0 fully saturated rings. The number of fused-ring (bicyclic) bond motifs is 1. The van der Waals surface area contributed by atoms with Gasteiger partial charge in [-0.05, 0) is 26.0 Å². The van der Waals surface area contributed by atoms with Crippen molar-refractivity contribution in [3.05, 3.63) is 28.1 Å². The molecule has 0 aliphatic carbocycles. The van der Waals surface area contributed by atoms with Crippen molar-refractivity contribution >= 4 is 17.1 Å². The molecule has 1 aromatic rings. The molecule has 0 amide bonds. The Balaban J connectivity index is 2.60. The number of benzene rings is 1. The third-order valence-corrected chi connectivity index (χ3v) is 2.20. The number of nitrogens with zero attached hydrogens (tertiary/aromatic N) is 1. The predicted octanol–water partition coefficient (Wildman–Crippen LogP) is 2.31. The van der Waals surface area contributed by atoms with Crippen LogP contribution in [0.4, 0.5) is 21.5 Å². The highest BCUT2D eigenvalue weighted by molar-refractivity contribution is 5.84. The fraction of sp³-hybridized carbons (Fsp3) is 0.333. The van der Waals surface area contributed by atoms with E-state index in [-0.39, 0.29) is 5.69 Å². The van der Waals surface area contributed by atoms with Gasteiger partial charge in [-0.2, -0.15) is 4.39 Å². The molecule has 0 radical (unpaired) electrons. The van der Waals surface area contributed by atoms with Crippen LogP contribution >= 0.6 is 0 Å². The number of halogens is 1. The summed E-state index contributed by atoms with van der Waals surface area (Å²) in [7, 11) is 0. The fourth-order valence-electron chi connectivity index (χ4n) is 1.66. The molecule has 1 heterocycles. The Morgan fingerprint density at radius 3 is 2.67 bits per heavy atom. The quantitative estimate of drug-likeness (QED) is 0.552. The molecule has 6 heteroatoms. The van der Waals surface area contributed by atoms with Gasteiger partial charge in [-0.1, -0.05) is 0 Å². The lowest BCUT2D eigenvalue weighted by Gasteiger charge is -2.19. The van der Waals surface area contributed by atoms with Crippen LogP contribution in [0.1, 0.15) is 13.8 Å². The summed E-state index contributed by atoms with van der Waals surface area (Å²) in [5.41, 5.74) is -0.246. The third-order valence-electron chi connectivity index (χ3n) is 2.20. The van der Waals surface area contributed by atoms with Crippen LogP contribution in [-0.2, 0) is 0 Å². The molecule has 80 valence electrons. The highest BCUT2D eigenvalue weighted by Gasteiger charge is 2.34. The van der Waals surface area contributed by atoms with Crippen molar-refractivity contribution in [2.75, 3.05) is 10.6 Å². The minimum Gasteiger partial charge on any atom is -0.361 e. The van der Waals surface area contributed by atoms with Gasteiger partial charge in [-0.3, -0.25) is 10.1 Å². The SMILES string of the molecule is CC1(C)Nc2ccc(F)c([N+](=O)[O-])c2N1. The summed E-state index contributed by atoms with van der Waals surface area (Å²) in [5.74, 6) is -0.828. The number of nitro benzene ring substituents is 1. The first-order valence-electron chi connectivity index (χ1n) is 4.44. The van der Waals surface area contributed by atoms with Crippen molar-refractivity contribution in [2.45, 2.75) is 19.5 Å². The second-order valence-electron chi connectivity index (χ2n) is 3.95. The van der Waals surface area contributed by atoms with Crippen LogP contribution in [0.25, 0.3) is 0 Å². The van der Waals surface area contributed by atoms with Gasteiger partial charge in [-0.25, -0.2) is 0 Å². The van der Waals surface area contributed by atoms with Crippen LogP contribution in [0, 0.1) is 15.9 Å². The Hall–Kier alpha value is -1.85. The van der Waals surface area contributed by atoms with E-state index in [0.717, 1.165) is 6.07 Å². The molecular weight excluding hydrogens is 201 g/mol. The van der Waals surface area contributed by atoms with E-state index in [1.54, 1.807) is 0 Å². The minimum absolute atomic E-state index is 0.213. The van der Waals surface area contributed by atoms with Gasteiger partial charge in [0, 0.05) is 0 Å². The molecule has 1 aliphatic heterocycles. The highest BCUT2D eigenvalue weighted by atomic mass is 19.1. The van der Waals surface area contributed by atoms with Crippen LogP contribution in [0.5, 0.6) is 0 Å². The maximum atomic E-state index is 13.2. The summed E-state index contributed by atoms with van der Waals surface area (Å²) in [6, 6.07) is 2.58. The molecule has 15 heavy (non-hydrogen) atoms. The summed E-state index contributed by atoms with van der Waals surface area (Å²) < 4.78 is 13.2. The minimum atomic E-state index is -0.828. The van der Waals surface area contributed by atoms with Crippen LogP contribution in [-0.4, -0.2) is 10.6 Å². The molecule has 0 bridgehead atoms. The molecule has 1 aliphatic rings. The molecule has 0 saturated heterocycles. The highest BCUT2D eigenvalue weighted by Crippen LogP contribution is 2.41. The first-order chi connectivity index (χ1) is 6.91. The van der Waals surface area contributed by atoms with Gasteiger partial charge in [-0.15, -0.1) is 0 Å². The molecule has 2 N–H and O–H groups in total. The molecule has 0 saturated carbocycles. The maximum Gasteiger partial charge on any atom is 0.329 e. The van der Waals surface area contributed by atoms with Gasteiger partial charge in [0.1, 0.15) is 11.4 Å². The smallest absolute Gasteiger partial charge is 0.329 e. The average Bonchev–Trinajstić information content (AvgIpc) is 2.37. The Bertz CT molecular complexity index is 445. The van der Waals surface area contributed by atoms with Gasteiger partial charge < -0.3 is 10.6 Å². The number of nitrogens with one attached hydrogen (secondary N) is 2. The fourth-order valence-corrected chi connectivity index (χ4v) is 1.66. The number of nitro groups is 1. The van der Waals surface area contributed by atoms with Crippen molar-refractivity contribution in [1.29, 1.82) is 0 Å². The number of hydrogen-bond acceptors (Lipinski definition) is 4. The number of hydrogen-bond donors (Lipinski definition) is 2. The average molecular weight is 211 g/mol. The van der Waals surface area contributed by atoms with Gasteiger partial charge in [0.15, 0.2) is 0 Å². The van der Waals surface area contributed by atoms with E-state index in [1.165, 1.54) is 6.07 Å². The lowest BCUT2D eigenvalue weighted by Crippen LogP contribution is -2.33. The van der Waals surface area contributed by atoms with Crippen LogP contribution in [0.2, 0.25) is 0 Å². The number of anilines is 2. The lowest BCUT2D eigenvalue weighted by molar-refractivity contribution is -0.386. The molecule has 0 atom stereocenters. The van der Waals surface area contributed by atoms with E-state index in [9.17, 15) is 14.5 Å². The van der Waals surface area contributed by atoms with Gasteiger partial charge in [0.05, 0.1) is 10.6 Å². The topological polar surface area (TPSA) is 67.2 Å². The molecular formula is C9H10FN3O2. The molecule has 0 aromatic heterocycles. The maximum absolute atomic E-state index is 13.2. The van der Waals surface area contributed by atoms with E-state index < -0.39 is 22.1 Å². The van der Waals surface area contributed by atoms with Crippen molar-refractivity contribution in [3.8, 4) is 0 Å². The predicted molar refractivity (Wildman–Crippen MR) is 54.4 cm³/mol. The monoisotopic (exact) mass is 211 g/mol. The Labute approximate surface area is 85.4 Å². The van der Waals surface area contributed by atoms with Gasteiger partial charge >= 0.3 is 5.69 Å². The first-order valence-corrected chi connectivity index (χ1v) is 4.44. The van der Waals surface area contributed by atoms with E-state index in [2.05, 4.69) is 10.6 Å². The zero-order chi connectivity index (χ0) is 11.2. The van der Waals surface area contributed by atoms with Crippen LogP contribution < -0.4 is 10.6 Å². The standard InChI is InChI=1S/C9H10FN3O2/c1-9(2)11-6-4-3-5(10)8(13(14)15)7(6)12-9/h3-4,11-12H,1-2H3. The summed E-state index contributed by atoms with van der Waals surface area (Å²) in [6.45, 7) is 3.63. The zero-order valence-corrected chi connectivity index (χ0v) is 8.30. The van der Waals surface area contributed by atoms with E-state index in [1.807, 2.05) is 13.8 Å². The Kier molecular flexibility index (Phi) is 1.82. The first kappa shape index (κ1) is 9.70. The van der Waals surface area contributed by atoms with Crippen LogP contribution in [0.15, 0.2) is 12.1 Å². The van der Waals surface area contributed by atoms with Crippen molar-refractivity contribution in [3.63, 3.8) is 0 Å². The largest absolute Gasteiger partial charge is 0.361 e. The van der Waals surface area contributed by atoms with Gasteiger partial charge in [0.2, 0.25) is 5.82 Å². The normalized spacial score (nSPS) is 16.5. The van der Waals surface area contributed by atoms with Crippen LogP contribution in [0.3, 0.4) is 0 Å². The molecule has 0 unspecified atom stereocenters. The summed E-state index contributed by atoms with van der Waals surface area (Å²) in [4.78, 5) is 9.97.